The lowest BCUT2D eigenvalue weighted by Crippen LogP contribution is -2.60. The molecule has 2 rings (SSSR count). The number of ether oxygens (including phenoxy) is 1. The average Bonchev–Trinajstić information content (AvgIpc) is 2.88. The summed E-state index contributed by atoms with van der Waals surface area (Å²) in [6.07, 6.45) is -2.06. The summed E-state index contributed by atoms with van der Waals surface area (Å²) in [7, 11) is -4.67. The molecule has 0 unspecified atom stereocenters. The molecule has 0 aromatic rings. The van der Waals surface area contributed by atoms with E-state index in [0.717, 1.165) is 25.7 Å². The summed E-state index contributed by atoms with van der Waals surface area (Å²) in [6.45, 7) is -0.543. The summed E-state index contributed by atoms with van der Waals surface area (Å²) in [5.74, 6) is 0.0738. The van der Waals surface area contributed by atoms with Crippen molar-refractivity contribution in [2.75, 3.05) is 6.61 Å². The molecule has 5 N–H and O–H groups in total. The summed E-state index contributed by atoms with van der Waals surface area (Å²) in [6, 6.07) is 0. The minimum atomic E-state index is -4.67. The predicted molar refractivity (Wildman–Crippen MR) is 66.6 cm³/mol. The molecule has 5 atom stereocenters. The van der Waals surface area contributed by atoms with E-state index in [1.165, 1.54) is 0 Å². The first-order valence-electron chi connectivity index (χ1n) is 6.69. The minimum absolute atomic E-state index is 0.0738. The average molecular weight is 312 g/mol. The van der Waals surface area contributed by atoms with Crippen LogP contribution in [0.2, 0.25) is 0 Å². The van der Waals surface area contributed by atoms with E-state index in [0.29, 0.717) is 0 Å². The molecule has 1 saturated heterocycles. The third kappa shape index (κ3) is 3.78. The van der Waals surface area contributed by atoms with Crippen molar-refractivity contribution in [2.24, 2.45) is 5.92 Å². The van der Waals surface area contributed by atoms with Crippen molar-refractivity contribution in [3.8, 4) is 0 Å². The molecule has 0 amide bonds. The Morgan fingerprint density at radius 3 is 2.20 bits per heavy atom. The van der Waals surface area contributed by atoms with Crippen LogP contribution in [0.25, 0.3) is 0 Å². The van der Waals surface area contributed by atoms with Crippen LogP contribution in [0, 0.1) is 5.92 Å². The number of aliphatic hydroxyl groups is 3. The van der Waals surface area contributed by atoms with Crippen LogP contribution in [-0.4, -0.2) is 62.2 Å². The Hall–Kier alpha value is -0.0500. The minimum Gasteiger partial charge on any atom is -0.388 e. The molecule has 118 valence electrons. The molecular weight excluding hydrogens is 291 g/mol. The van der Waals surface area contributed by atoms with Gasteiger partial charge in [-0.15, -0.1) is 0 Å². The van der Waals surface area contributed by atoms with Crippen molar-refractivity contribution in [1.82, 2.24) is 0 Å². The molecule has 0 aromatic heterocycles. The zero-order valence-electron chi connectivity index (χ0n) is 10.9. The normalized spacial score (nSPS) is 40.1. The maximum atomic E-state index is 10.7. The van der Waals surface area contributed by atoms with E-state index >= 15 is 0 Å². The maximum absolute atomic E-state index is 10.7. The van der Waals surface area contributed by atoms with Gasteiger partial charge in [0.2, 0.25) is 0 Å². The second kappa shape index (κ2) is 6.37. The summed E-state index contributed by atoms with van der Waals surface area (Å²) in [4.78, 5) is 17.3. The molecule has 2 aliphatic rings. The highest BCUT2D eigenvalue weighted by Gasteiger charge is 2.47. The number of rotatable bonds is 4. The maximum Gasteiger partial charge on any atom is 0.469 e. The molecule has 1 saturated carbocycles. The van der Waals surface area contributed by atoms with E-state index in [-0.39, 0.29) is 5.92 Å². The number of hydrogen-bond acceptors (Lipinski definition) is 6. The van der Waals surface area contributed by atoms with Crippen LogP contribution in [0.3, 0.4) is 0 Å². The van der Waals surface area contributed by atoms with Gasteiger partial charge in [-0.25, -0.2) is 4.57 Å². The van der Waals surface area contributed by atoms with Gasteiger partial charge in [0.1, 0.15) is 24.4 Å². The standard InChI is InChI=1S/C11H21O8P/c12-8-7(5-18-20(15,16)17)19-11(10(14)9(8)13)6-3-1-2-4-6/h6-14H,1-5H2,(H2,15,16,17)/t7-,8-,9+,10+,11+/m1/s1. The van der Waals surface area contributed by atoms with Crippen LogP contribution in [0.5, 0.6) is 0 Å². The van der Waals surface area contributed by atoms with Crippen molar-refractivity contribution < 1.29 is 38.9 Å². The topological polar surface area (TPSA) is 137 Å². The lowest BCUT2D eigenvalue weighted by atomic mass is 9.87. The first kappa shape index (κ1) is 16.3. The zero-order chi connectivity index (χ0) is 14.9. The molecule has 0 spiro atoms. The molecule has 0 radical (unpaired) electrons. The van der Waals surface area contributed by atoms with Crippen LogP contribution in [0.1, 0.15) is 25.7 Å². The van der Waals surface area contributed by atoms with Gasteiger partial charge in [-0.1, -0.05) is 12.8 Å². The van der Waals surface area contributed by atoms with Gasteiger partial charge < -0.3 is 29.8 Å². The predicted octanol–water partition coefficient (Wildman–Crippen LogP) is -0.864. The summed E-state index contributed by atoms with van der Waals surface area (Å²) in [5.41, 5.74) is 0. The first-order chi connectivity index (χ1) is 9.29. The van der Waals surface area contributed by atoms with Crippen LogP contribution in [0.4, 0.5) is 0 Å². The number of aliphatic hydroxyl groups excluding tert-OH is 3. The van der Waals surface area contributed by atoms with Crippen LogP contribution < -0.4 is 0 Å². The smallest absolute Gasteiger partial charge is 0.388 e. The third-order valence-corrected chi connectivity index (χ3v) is 4.51. The molecular formula is C11H21O8P. The third-order valence-electron chi connectivity index (χ3n) is 4.02. The highest BCUT2D eigenvalue weighted by atomic mass is 31.2. The molecule has 8 nitrogen and oxygen atoms in total. The lowest BCUT2D eigenvalue weighted by Gasteiger charge is -2.42. The molecule has 20 heavy (non-hydrogen) atoms. The lowest BCUT2D eigenvalue weighted by molar-refractivity contribution is -0.239. The van der Waals surface area contributed by atoms with Gasteiger partial charge in [-0.2, -0.15) is 0 Å². The second-order valence-corrected chi connectivity index (χ2v) is 6.68. The summed E-state index contributed by atoms with van der Waals surface area (Å²) < 4.78 is 20.5. The fourth-order valence-electron chi connectivity index (χ4n) is 2.96. The quantitative estimate of drug-likeness (QED) is 0.423. The number of hydrogen-bond donors (Lipinski definition) is 5. The van der Waals surface area contributed by atoms with Crippen molar-refractivity contribution >= 4 is 7.82 Å². The van der Waals surface area contributed by atoms with Crippen LogP contribution >= 0.6 is 7.82 Å². The van der Waals surface area contributed by atoms with E-state index in [1.807, 2.05) is 0 Å². The first-order valence-corrected chi connectivity index (χ1v) is 8.22. The van der Waals surface area contributed by atoms with E-state index in [9.17, 15) is 19.9 Å². The van der Waals surface area contributed by atoms with E-state index < -0.39 is 44.9 Å². The van der Waals surface area contributed by atoms with Gasteiger partial charge in [0.15, 0.2) is 0 Å². The molecule has 2 fully saturated rings. The number of phosphoric ester groups is 1. The second-order valence-electron chi connectivity index (χ2n) is 5.44. The Kier molecular flexibility index (Phi) is 5.20. The van der Waals surface area contributed by atoms with Gasteiger partial charge >= 0.3 is 7.82 Å². The summed E-state index contributed by atoms with van der Waals surface area (Å²) in [5, 5.41) is 29.6. The van der Waals surface area contributed by atoms with Crippen LogP contribution in [0.15, 0.2) is 0 Å². The highest BCUT2D eigenvalue weighted by molar-refractivity contribution is 7.46. The van der Waals surface area contributed by atoms with Gasteiger partial charge in [-0.3, -0.25) is 4.52 Å². The van der Waals surface area contributed by atoms with Gasteiger partial charge in [0, 0.05) is 0 Å². The Balaban J connectivity index is 2.02. The molecule has 9 heteroatoms. The Morgan fingerprint density at radius 1 is 1.05 bits per heavy atom. The number of phosphoric acid groups is 1. The fourth-order valence-corrected chi connectivity index (χ4v) is 3.30. The van der Waals surface area contributed by atoms with E-state index in [2.05, 4.69) is 4.52 Å². The molecule has 0 bridgehead atoms. The van der Waals surface area contributed by atoms with Gasteiger partial charge in [0.25, 0.3) is 0 Å². The SMILES string of the molecule is O=P(O)(O)OC[C@H]1O[C@@H](C2CCCC2)[C@@H](O)[C@@H](O)[C@@H]1O. The zero-order valence-corrected chi connectivity index (χ0v) is 11.8. The fraction of sp³-hybridized carbons (Fsp3) is 1.00. The monoisotopic (exact) mass is 312 g/mol. The van der Waals surface area contributed by atoms with E-state index in [1.54, 1.807) is 0 Å². The Labute approximate surface area is 116 Å². The molecule has 1 aliphatic carbocycles. The highest BCUT2D eigenvalue weighted by Crippen LogP contribution is 2.39. The van der Waals surface area contributed by atoms with Crippen molar-refractivity contribution in [2.45, 2.75) is 56.2 Å². The molecule has 0 aromatic carbocycles. The van der Waals surface area contributed by atoms with Crippen molar-refractivity contribution in [3.63, 3.8) is 0 Å². The summed E-state index contributed by atoms with van der Waals surface area (Å²) >= 11 is 0. The van der Waals surface area contributed by atoms with E-state index in [4.69, 9.17) is 14.5 Å². The largest absolute Gasteiger partial charge is 0.469 e. The van der Waals surface area contributed by atoms with Crippen molar-refractivity contribution in [1.29, 1.82) is 0 Å². The molecule has 1 heterocycles. The Bertz CT molecular complexity index is 365. The van der Waals surface area contributed by atoms with Gasteiger partial charge in [-0.05, 0) is 18.8 Å². The molecule has 1 aliphatic heterocycles. The Morgan fingerprint density at radius 2 is 1.65 bits per heavy atom. The van der Waals surface area contributed by atoms with Gasteiger partial charge in [0.05, 0.1) is 12.7 Å². The van der Waals surface area contributed by atoms with Crippen LogP contribution in [-0.2, 0) is 13.8 Å². The van der Waals surface area contributed by atoms with Crippen molar-refractivity contribution in [3.05, 3.63) is 0 Å².